The van der Waals surface area contributed by atoms with Gasteiger partial charge in [0.05, 0.1) is 37.0 Å². The normalized spacial score (nSPS) is 23.9. The third-order valence-electron chi connectivity index (χ3n) is 5.97. The van der Waals surface area contributed by atoms with E-state index < -0.39 is 17.8 Å². The Morgan fingerprint density at radius 2 is 1.78 bits per heavy atom. The Morgan fingerprint density at radius 1 is 1.16 bits per heavy atom. The van der Waals surface area contributed by atoms with Gasteiger partial charge in [0.25, 0.3) is 0 Å². The summed E-state index contributed by atoms with van der Waals surface area (Å²) in [7, 11) is 0. The number of amides is 1. The van der Waals surface area contributed by atoms with E-state index in [9.17, 15) is 18.0 Å². The zero-order valence-corrected chi connectivity index (χ0v) is 19.2. The van der Waals surface area contributed by atoms with Gasteiger partial charge < -0.3 is 19.7 Å². The van der Waals surface area contributed by atoms with E-state index in [1.807, 2.05) is 32.6 Å². The molecule has 1 N–H and O–H groups in total. The molecule has 0 spiro atoms. The lowest BCUT2D eigenvalue weighted by Crippen LogP contribution is -2.56. The molecule has 2 heterocycles. The number of anilines is 1. The van der Waals surface area contributed by atoms with Gasteiger partial charge in [-0.15, -0.1) is 0 Å². The Labute approximate surface area is 188 Å². The van der Waals surface area contributed by atoms with E-state index in [1.54, 1.807) is 6.07 Å². The summed E-state index contributed by atoms with van der Waals surface area (Å²) in [6.45, 7) is 11.0. The maximum absolute atomic E-state index is 13.8. The highest BCUT2D eigenvalue weighted by Gasteiger charge is 2.36. The highest BCUT2D eigenvalue weighted by atomic mass is 19.4. The summed E-state index contributed by atoms with van der Waals surface area (Å²) < 4.78 is 52.5. The molecule has 3 unspecified atom stereocenters. The molecule has 3 rings (SSSR count). The van der Waals surface area contributed by atoms with Gasteiger partial charge >= 0.3 is 6.18 Å². The molecule has 0 bridgehead atoms. The predicted octanol–water partition coefficient (Wildman–Crippen LogP) is 3.29. The first-order valence-electron chi connectivity index (χ1n) is 11.3. The first kappa shape index (κ1) is 24.8. The van der Waals surface area contributed by atoms with Crippen molar-refractivity contribution in [1.82, 2.24) is 10.2 Å². The second-order valence-electron chi connectivity index (χ2n) is 9.06. The number of ether oxygens (including phenoxy) is 2. The summed E-state index contributed by atoms with van der Waals surface area (Å²) in [6.07, 6.45) is -4.51. The first-order valence-corrected chi connectivity index (χ1v) is 11.3. The quantitative estimate of drug-likeness (QED) is 0.711. The van der Waals surface area contributed by atoms with E-state index in [0.717, 1.165) is 0 Å². The van der Waals surface area contributed by atoms with Crippen LogP contribution in [0.1, 0.15) is 38.8 Å². The Hall–Kier alpha value is -1.84. The van der Waals surface area contributed by atoms with E-state index >= 15 is 0 Å². The third kappa shape index (κ3) is 6.14. The molecule has 32 heavy (non-hydrogen) atoms. The molecule has 6 nitrogen and oxygen atoms in total. The molecular formula is C23H34F3N3O3. The number of rotatable bonds is 6. The molecule has 9 heteroatoms. The molecule has 2 fully saturated rings. The summed E-state index contributed by atoms with van der Waals surface area (Å²) in [5.41, 5.74) is -0.127. The van der Waals surface area contributed by atoms with Crippen LogP contribution in [0.4, 0.5) is 18.9 Å². The van der Waals surface area contributed by atoms with Gasteiger partial charge in [0.2, 0.25) is 5.91 Å². The lowest BCUT2D eigenvalue weighted by molar-refractivity contribution is -0.139. The second-order valence-corrected chi connectivity index (χ2v) is 9.06. The predicted molar refractivity (Wildman–Crippen MR) is 117 cm³/mol. The number of morpholine rings is 2. The lowest BCUT2D eigenvalue weighted by atomic mass is 9.99. The summed E-state index contributed by atoms with van der Waals surface area (Å²) in [6, 6.07) is 3.91. The average Bonchev–Trinajstić information content (AvgIpc) is 2.71. The monoisotopic (exact) mass is 457 g/mol. The van der Waals surface area contributed by atoms with Crippen LogP contribution >= 0.6 is 0 Å². The van der Waals surface area contributed by atoms with Crippen LogP contribution < -0.4 is 10.2 Å². The zero-order valence-electron chi connectivity index (χ0n) is 19.2. The lowest BCUT2D eigenvalue weighted by Gasteiger charge is -2.41. The Kier molecular flexibility index (Phi) is 8.06. The highest BCUT2D eigenvalue weighted by Crippen LogP contribution is 2.35. The maximum Gasteiger partial charge on any atom is 0.416 e. The van der Waals surface area contributed by atoms with E-state index in [0.29, 0.717) is 45.1 Å². The van der Waals surface area contributed by atoms with Crippen molar-refractivity contribution in [2.75, 3.05) is 44.3 Å². The number of alkyl halides is 3. The smallest absolute Gasteiger partial charge is 0.378 e. The molecule has 0 aliphatic carbocycles. The molecule has 1 amide bonds. The Balaban J connectivity index is 1.74. The topological polar surface area (TPSA) is 54.0 Å². The van der Waals surface area contributed by atoms with Crippen molar-refractivity contribution in [2.45, 2.75) is 58.7 Å². The van der Waals surface area contributed by atoms with Crippen LogP contribution in [0.5, 0.6) is 0 Å². The van der Waals surface area contributed by atoms with Crippen molar-refractivity contribution in [2.24, 2.45) is 5.92 Å². The number of halogens is 3. The second kappa shape index (κ2) is 10.4. The number of nitrogens with one attached hydrogen (secondary N) is 1. The fourth-order valence-electron chi connectivity index (χ4n) is 4.62. The molecule has 0 aromatic heterocycles. The molecule has 1 aromatic carbocycles. The van der Waals surface area contributed by atoms with E-state index in [4.69, 9.17) is 9.47 Å². The fourth-order valence-corrected chi connectivity index (χ4v) is 4.62. The van der Waals surface area contributed by atoms with Crippen molar-refractivity contribution >= 4 is 11.6 Å². The maximum atomic E-state index is 13.8. The minimum Gasteiger partial charge on any atom is -0.378 e. The minimum atomic E-state index is -4.51. The van der Waals surface area contributed by atoms with Crippen LogP contribution in [-0.4, -0.2) is 68.4 Å². The molecule has 2 aliphatic heterocycles. The van der Waals surface area contributed by atoms with E-state index in [2.05, 4.69) is 10.2 Å². The van der Waals surface area contributed by atoms with Crippen molar-refractivity contribution in [1.29, 1.82) is 0 Å². The van der Waals surface area contributed by atoms with Crippen LogP contribution in [0.25, 0.3) is 0 Å². The van der Waals surface area contributed by atoms with Gasteiger partial charge in [0.15, 0.2) is 0 Å². The Bertz CT molecular complexity index is 771. The van der Waals surface area contributed by atoms with Crippen LogP contribution in [0, 0.1) is 5.92 Å². The van der Waals surface area contributed by atoms with Crippen LogP contribution in [0.2, 0.25) is 0 Å². The number of carbonyl (C=O) groups is 1. The van der Waals surface area contributed by atoms with Crippen LogP contribution in [0.3, 0.4) is 0 Å². The molecule has 2 saturated heterocycles. The summed E-state index contributed by atoms with van der Waals surface area (Å²) >= 11 is 0. The van der Waals surface area contributed by atoms with Gasteiger partial charge in [0.1, 0.15) is 0 Å². The van der Waals surface area contributed by atoms with Crippen molar-refractivity contribution < 1.29 is 27.4 Å². The molecule has 0 radical (unpaired) electrons. The summed E-state index contributed by atoms with van der Waals surface area (Å²) in [5.74, 6) is -0.245. The number of benzene rings is 1. The molecule has 1 aromatic rings. The molecule has 2 aliphatic rings. The summed E-state index contributed by atoms with van der Waals surface area (Å²) in [5, 5.41) is 2.76. The average molecular weight is 458 g/mol. The fraction of sp³-hybridized carbons (Fsp3) is 0.696. The Morgan fingerprint density at radius 3 is 2.34 bits per heavy atom. The first-order chi connectivity index (χ1) is 15.1. The van der Waals surface area contributed by atoms with Crippen LogP contribution in [-0.2, 0) is 27.0 Å². The van der Waals surface area contributed by atoms with E-state index in [-0.39, 0.29) is 36.1 Å². The standard InChI is InChI=1S/C23H34F3N3O3/c1-15(2)21(29-13-16(3)32-17(4)14-29)22(30)27-12-18-5-6-19(11-20(18)23(24,25)26)28-7-9-31-10-8-28/h5-6,11,15-17,21H,7-10,12-14H2,1-4H3,(H,27,30). The number of carbonyl (C=O) groups excluding carboxylic acids is 1. The molecular weight excluding hydrogens is 423 g/mol. The van der Waals surface area contributed by atoms with Gasteiger partial charge in [-0.05, 0) is 37.5 Å². The van der Waals surface area contributed by atoms with Crippen molar-refractivity contribution in [3.8, 4) is 0 Å². The van der Waals surface area contributed by atoms with Gasteiger partial charge in [-0.3, -0.25) is 9.69 Å². The third-order valence-corrected chi connectivity index (χ3v) is 5.97. The number of hydrogen-bond donors (Lipinski definition) is 1. The van der Waals surface area contributed by atoms with Gasteiger partial charge in [-0.2, -0.15) is 13.2 Å². The minimum absolute atomic E-state index is 0.00244. The van der Waals surface area contributed by atoms with Gasteiger partial charge in [0, 0.05) is 38.4 Å². The zero-order chi connectivity index (χ0) is 23.5. The summed E-state index contributed by atoms with van der Waals surface area (Å²) in [4.78, 5) is 17.0. The van der Waals surface area contributed by atoms with Gasteiger partial charge in [-0.1, -0.05) is 19.9 Å². The van der Waals surface area contributed by atoms with Gasteiger partial charge in [-0.25, -0.2) is 0 Å². The van der Waals surface area contributed by atoms with Crippen molar-refractivity contribution in [3.05, 3.63) is 29.3 Å². The molecule has 0 saturated carbocycles. The largest absolute Gasteiger partial charge is 0.416 e. The van der Waals surface area contributed by atoms with Crippen molar-refractivity contribution in [3.63, 3.8) is 0 Å². The number of nitrogens with zero attached hydrogens (tertiary/aromatic N) is 2. The SMILES string of the molecule is CC1CN(C(C(=O)NCc2ccc(N3CCOCC3)cc2C(F)(F)F)C(C)C)CC(C)O1. The van der Waals surface area contributed by atoms with E-state index in [1.165, 1.54) is 12.1 Å². The number of hydrogen-bond acceptors (Lipinski definition) is 5. The van der Waals surface area contributed by atoms with Crippen LogP contribution in [0.15, 0.2) is 18.2 Å². The molecule has 180 valence electrons. The molecule has 3 atom stereocenters. The highest BCUT2D eigenvalue weighted by molar-refractivity contribution is 5.82.